The molecule has 90 valence electrons. The Bertz CT molecular complexity index is 379. The molecule has 3 nitrogen and oxygen atoms in total. The van der Waals surface area contributed by atoms with Crippen molar-refractivity contribution in [3.05, 3.63) is 20.8 Å². The highest BCUT2D eigenvalue weighted by molar-refractivity contribution is 9.10. The molecule has 0 aliphatic heterocycles. The number of thioether (sulfide) groups is 1. The number of carboxylic acid groups (broad SMARTS) is 1. The van der Waals surface area contributed by atoms with Crippen LogP contribution in [0, 0.1) is 0 Å². The third-order valence-electron chi connectivity index (χ3n) is 2.28. The van der Waals surface area contributed by atoms with Gasteiger partial charge in [-0.25, -0.2) is 0 Å². The van der Waals surface area contributed by atoms with Gasteiger partial charge in [-0.15, -0.1) is 23.1 Å². The maximum Gasteiger partial charge on any atom is 0.321 e. The van der Waals surface area contributed by atoms with Crippen LogP contribution in [0.2, 0.25) is 0 Å². The molecule has 16 heavy (non-hydrogen) atoms. The highest BCUT2D eigenvalue weighted by Gasteiger charge is 2.32. The molecule has 0 fully saturated rings. The van der Waals surface area contributed by atoms with E-state index in [-0.39, 0.29) is 0 Å². The predicted octanol–water partition coefficient (Wildman–Crippen LogP) is 2.93. The highest BCUT2D eigenvalue weighted by Crippen LogP contribution is 2.34. The van der Waals surface area contributed by atoms with Crippen molar-refractivity contribution in [2.45, 2.75) is 30.4 Å². The Labute approximate surface area is 112 Å². The van der Waals surface area contributed by atoms with Gasteiger partial charge >= 0.3 is 5.97 Å². The minimum atomic E-state index is -0.956. The summed E-state index contributed by atoms with van der Waals surface area (Å²) in [6.07, 6.45) is 0. The van der Waals surface area contributed by atoms with Gasteiger partial charge in [-0.05, 0) is 41.2 Å². The average Bonchev–Trinajstić information content (AvgIpc) is 2.60. The summed E-state index contributed by atoms with van der Waals surface area (Å²) < 4.78 is 0.597. The van der Waals surface area contributed by atoms with Crippen molar-refractivity contribution < 1.29 is 9.90 Å². The molecule has 0 bridgehead atoms. The van der Waals surface area contributed by atoms with Crippen LogP contribution in [0.5, 0.6) is 0 Å². The second kappa shape index (κ2) is 5.53. The fourth-order valence-corrected chi connectivity index (χ4v) is 3.92. The molecule has 1 heterocycles. The van der Waals surface area contributed by atoms with Crippen molar-refractivity contribution in [2.24, 2.45) is 5.73 Å². The number of rotatable bonds is 5. The first-order chi connectivity index (χ1) is 7.34. The van der Waals surface area contributed by atoms with Crippen LogP contribution in [0.3, 0.4) is 0 Å². The minimum Gasteiger partial charge on any atom is -0.480 e. The summed E-state index contributed by atoms with van der Waals surface area (Å²) in [5.41, 5.74) is 5.64. The van der Waals surface area contributed by atoms with Crippen molar-refractivity contribution in [3.63, 3.8) is 0 Å². The normalized spacial score (nSPS) is 13.8. The summed E-state index contributed by atoms with van der Waals surface area (Å²) in [4.78, 5) is 12.0. The second-order valence-corrected chi connectivity index (χ2v) is 7.38. The van der Waals surface area contributed by atoms with E-state index in [0.717, 1.165) is 10.2 Å². The molecule has 0 aliphatic rings. The van der Waals surface area contributed by atoms with Gasteiger partial charge in [0.05, 0.1) is 0 Å². The van der Waals surface area contributed by atoms with E-state index >= 15 is 0 Å². The SMILES string of the molecule is CC(C)(SCc1sccc1Br)[C@@H](N)C(=O)O. The Hall–Kier alpha value is -0.0400. The van der Waals surface area contributed by atoms with Crippen molar-refractivity contribution in [3.8, 4) is 0 Å². The zero-order valence-corrected chi connectivity index (χ0v) is 12.3. The van der Waals surface area contributed by atoms with Gasteiger partial charge in [0.25, 0.3) is 0 Å². The van der Waals surface area contributed by atoms with E-state index in [4.69, 9.17) is 10.8 Å². The predicted molar refractivity (Wildman–Crippen MR) is 73.0 cm³/mol. The van der Waals surface area contributed by atoms with Gasteiger partial charge in [-0.3, -0.25) is 4.79 Å². The first-order valence-electron chi connectivity index (χ1n) is 4.69. The van der Waals surface area contributed by atoms with E-state index in [2.05, 4.69) is 15.9 Å². The third-order valence-corrected chi connectivity index (χ3v) is 5.82. The summed E-state index contributed by atoms with van der Waals surface area (Å²) in [5, 5.41) is 10.9. The van der Waals surface area contributed by atoms with Crippen molar-refractivity contribution in [1.82, 2.24) is 0 Å². The molecule has 0 spiro atoms. The first kappa shape index (κ1) is 14.0. The van der Waals surface area contributed by atoms with E-state index in [1.807, 2.05) is 25.3 Å². The Morgan fingerprint density at radius 1 is 1.75 bits per heavy atom. The molecule has 1 atom stereocenters. The zero-order valence-electron chi connectivity index (χ0n) is 9.07. The van der Waals surface area contributed by atoms with Gasteiger partial charge in [0.2, 0.25) is 0 Å². The molecular weight excluding hydrogens is 310 g/mol. The van der Waals surface area contributed by atoms with E-state index in [1.165, 1.54) is 4.88 Å². The molecule has 6 heteroatoms. The number of aliphatic carboxylic acids is 1. The monoisotopic (exact) mass is 323 g/mol. The Morgan fingerprint density at radius 2 is 2.38 bits per heavy atom. The van der Waals surface area contributed by atoms with Crippen LogP contribution in [0.15, 0.2) is 15.9 Å². The lowest BCUT2D eigenvalue weighted by Gasteiger charge is -2.27. The van der Waals surface area contributed by atoms with Gasteiger partial charge in [0.1, 0.15) is 6.04 Å². The number of hydrogen-bond acceptors (Lipinski definition) is 4. The third kappa shape index (κ3) is 3.48. The van der Waals surface area contributed by atoms with Crippen molar-refractivity contribution in [2.75, 3.05) is 0 Å². The fourth-order valence-electron chi connectivity index (χ4n) is 1.07. The summed E-state index contributed by atoms with van der Waals surface area (Å²) in [5.74, 6) is -0.186. The Balaban J connectivity index is 2.61. The quantitative estimate of drug-likeness (QED) is 0.874. The molecule has 3 N–H and O–H groups in total. The molecule has 1 aromatic heterocycles. The largest absolute Gasteiger partial charge is 0.480 e. The Morgan fingerprint density at radius 3 is 2.81 bits per heavy atom. The van der Waals surface area contributed by atoms with E-state index in [1.54, 1.807) is 23.1 Å². The summed E-state index contributed by atoms with van der Waals surface area (Å²) in [6.45, 7) is 3.72. The van der Waals surface area contributed by atoms with Gasteiger partial charge in [-0.1, -0.05) is 0 Å². The zero-order chi connectivity index (χ0) is 12.3. The van der Waals surface area contributed by atoms with Gasteiger partial charge in [0, 0.05) is 19.8 Å². The number of nitrogens with two attached hydrogens (primary N) is 1. The number of hydrogen-bond donors (Lipinski definition) is 2. The van der Waals surface area contributed by atoms with Crippen molar-refractivity contribution >= 4 is 45.0 Å². The smallest absolute Gasteiger partial charge is 0.321 e. The Kier molecular flexibility index (Phi) is 4.85. The lowest BCUT2D eigenvalue weighted by atomic mass is 10.1. The number of carboxylic acids is 1. The summed E-state index contributed by atoms with van der Waals surface area (Å²) in [6, 6.07) is 1.14. The van der Waals surface area contributed by atoms with Gasteiger partial charge in [0.15, 0.2) is 0 Å². The molecule has 0 saturated carbocycles. The molecule has 1 rings (SSSR count). The van der Waals surface area contributed by atoms with Crippen LogP contribution in [0.1, 0.15) is 18.7 Å². The number of thiophene rings is 1. The lowest BCUT2D eigenvalue weighted by molar-refractivity contribution is -0.139. The molecule has 0 aromatic carbocycles. The molecule has 0 radical (unpaired) electrons. The minimum absolute atomic E-state index is 0.477. The molecule has 0 unspecified atom stereocenters. The second-order valence-electron chi connectivity index (χ2n) is 3.90. The summed E-state index contributed by atoms with van der Waals surface area (Å²) in [7, 11) is 0. The average molecular weight is 324 g/mol. The van der Waals surface area contributed by atoms with Gasteiger partial charge < -0.3 is 10.8 Å². The van der Waals surface area contributed by atoms with E-state index in [0.29, 0.717) is 0 Å². The van der Waals surface area contributed by atoms with Gasteiger partial charge in [-0.2, -0.15) is 0 Å². The van der Waals surface area contributed by atoms with Crippen molar-refractivity contribution in [1.29, 1.82) is 0 Å². The molecule has 0 aliphatic carbocycles. The fraction of sp³-hybridized carbons (Fsp3) is 0.500. The lowest BCUT2D eigenvalue weighted by Crippen LogP contribution is -2.46. The summed E-state index contributed by atoms with van der Waals surface area (Å²) >= 11 is 6.67. The topological polar surface area (TPSA) is 63.3 Å². The number of carbonyl (C=O) groups is 1. The van der Waals surface area contributed by atoms with Crippen LogP contribution >= 0.6 is 39.0 Å². The number of halogens is 1. The van der Waals surface area contributed by atoms with Crippen LogP contribution in [0.4, 0.5) is 0 Å². The molecule has 0 amide bonds. The first-order valence-corrected chi connectivity index (χ1v) is 7.34. The van der Waals surface area contributed by atoms with Crippen LogP contribution < -0.4 is 5.73 Å². The molecule has 0 saturated heterocycles. The molecule has 1 aromatic rings. The van der Waals surface area contributed by atoms with Crippen LogP contribution in [0.25, 0.3) is 0 Å². The standard InChI is InChI=1S/C10H14BrNO2S2/c1-10(2,8(12)9(13)14)16-5-7-6(11)3-4-15-7/h3-4,8H,5,12H2,1-2H3,(H,13,14)/t8-/m0/s1. The maximum absolute atomic E-state index is 10.8. The van der Waals surface area contributed by atoms with E-state index in [9.17, 15) is 4.79 Å². The molecular formula is C10H14BrNO2S2. The van der Waals surface area contributed by atoms with Crippen LogP contribution in [-0.2, 0) is 10.5 Å². The highest BCUT2D eigenvalue weighted by atomic mass is 79.9. The maximum atomic E-state index is 10.8. The van der Waals surface area contributed by atoms with E-state index < -0.39 is 16.8 Å². The van der Waals surface area contributed by atoms with Crippen LogP contribution in [-0.4, -0.2) is 21.9 Å².